The molecule has 0 atom stereocenters. The van der Waals surface area contributed by atoms with Gasteiger partial charge in [-0.3, -0.25) is 0 Å². The molecular formula is C33H39Cl4O4P. The molecule has 228 valence electrons. The summed E-state index contributed by atoms with van der Waals surface area (Å²) < 4.78 is 28.4. The summed E-state index contributed by atoms with van der Waals surface area (Å²) in [7, 11) is -4.65. The Hall–Kier alpha value is -1.55. The number of hydrogen-bond donors (Lipinski definition) is 0. The van der Waals surface area contributed by atoms with Gasteiger partial charge < -0.3 is 0 Å². The molecule has 2 aliphatic heterocycles. The molecule has 0 bridgehead atoms. The molecule has 9 heteroatoms. The predicted octanol–water partition coefficient (Wildman–Crippen LogP) is 12.4. The van der Waals surface area contributed by atoms with Crippen molar-refractivity contribution in [3.63, 3.8) is 0 Å². The monoisotopic (exact) mass is 670 g/mol. The molecule has 42 heavy (non-hydrogen) atoms. The molecule has 5 rings (SSSR count). The summed E-state index contributed by atoms with van der Waals surface area (Å²) in [5, 5.41) is 0.386. The van der Waals surface area contributed by atoms with Gasteiger partial charge in [-0.25, -0.2) is 0 Å². The van der Waals surface area contributed by atoms with Gasteiger partial charge in [-0.2, -0.15) is 0 Å². The maximum atomic E-state index is 7.28. The van der Waals surface area contributed by atoms with Crippen LogP contribution in [0.2, 0.25) is 20.1 Å². The van der Waals surface area contributed by atoms with Gasteiger partial charge in [-0.1, -0.05) is 0 Å². The van der Waals surface area contributed by atoms with E-state index in [-0.39, 0.29) is 42.4 Å². The standard InChI is InChI=1S/C33H39Cl4O4P/c1-10-11-12-42(40-30-26(36)24(34)25(35)27(37)31(30)41-42)38-28-20(13-18(2)15-22(28)32(4,5)6)17-21-14-19(3)16-23(29(21)39-42)33(7,8)9/h13-16H,10-12,17H2,1-9H3. The first-order chi connectivity index (χ1) is 19.4. The van der Waals surface area contributed by atoms with E-state index in [0.717, 1.165) is 39.8 Å². The number of fused-ring (bicyclic) bond motifs is 3. The Balaban J connectivity index is 1.93. The normalized spacial score (nSPS) is 17.7. The van der Waals surface area contributed by atoms with Gasteiger partial charge in [0.05, 0.1) is 0 Å². The predicted molar refractivity (Wildman–Crippen MR) is 178 cm³/mol. The molecule has 0 saturated carbocycles. The molecule has 2 heterocycles. The van der Waals surface area contributed by atoms with Crippen LogP contribution in [0, 0.1) is 13.8 Å². The fraction of sp³-hybridized carbons (Fsp3) is 0.455. The summed E-state index contributed by atoms with van der Waals surface area (Å²) in [6.07, 6.45) is 2.48. The van der Waals surface area contributed by atoms with Crippen molar-refractivity contribution in [2.24, 2.45) is 0 Å². The van der Waals surface area contributed by atoms with Crippen molar-refractivity contribution >= 4 is 53.9 Å². The van der Waals surface area contributed by atoms with E-state index in [1.54, 1.807) is 0 Å². The molecule has 1 spiro atoms. The zero-order valence-electron chi connectivity index (χ0n) is 25.7. The molecule has 0 unspecified atom stereocenters. The molecule has 0 amide bonds. The number of unbranched alkanes of at least 4 members (excludes halogenated alkanes) is 1. The van der Waals surface area contributed by atoms with Crippen molar-refractivity contribution in [2.45, 2.75) is 92.4 Å². The average Bonchev–Trinajstić information content (AvgIpc) is 3.22. The third-order valence-corrected chi connectivity index (χ3v) is 12.7. The van der Waals surface area contributed by atoms with Crippen LogP contribution in [0.3, 0.4) is 0 Å². The van der Waals surface area contributed by atoms with Gasteiger partial charge in [-0.15, -0.1) is 0 Å². The van der Waals surface area contributed by atoms with Crippen LogP contribution in [0.4, 0.5) is 0 Å². The van der Waals surface area contributed by atoms with Crippen molar-refractivity contribution < 1.29 is 18.1 Å². The third kappa shape index (κ3) is 5.34. The van der Waals surface area contributed by atoms with Crippen LogP contribution in [0.1, 0.15) is 94.7 Å². The molecule has 0 fully saturated rings. The minimum absolute atomic E-state index is 0.0876. The molecule has 2 aliphatic rings. The average molecular weight is 672 g/mol. The van der Waals surface area contributed by atoms with Crippen LogP contribution in [0.25, 0.3) is 0 Å². The van der Waals surface area contributed by atoms with Gasteiger partial charge >= 0.3 is 271 Å². The zero-order chi connectivity index (χ0) is 31.0. The van der Waals surface area contributed by atoms with Crippen LogP contribution in [0.15, 0.2) is 24.3 Å². The van der Waals surface area contributed by atoms with Gasteiger partial charge in [0.1, 0.15) is 0 Å². The number of halogens is 4. The van der Waals surface area contributed by atoms with Gasteiger partial charge in [0, 0.05) is 0 Å². The fourth-order valence-corrected chi connectivity index (χ4v) is 10.3. The van der Waals surface area contributed by atoms with E-state index in [4.69, 9.17) is 64.5 Å². The van der Waals surface area contributed by atoms with Gasteiger partial charge in [0.15, 0.2) is 0 Å². The Bertz CT molecular complexity index is 1490. The Kier molecular flexibility index (Phi) is 7.98. The minimum atomic E-state index is -4.65. The summed E-state index contributed by atoms with van der Waals surface area (Å²) in [5.74, 6) is 1.76. The molecular weight excluding hydrogens is 633 g/mol. The fourth-order valence-electron chi connectivity index (χ4n) is 5.66. The zero-order valence-corrected chi connectivity index (χ0v) is 29.6. The third-order valence-electron chi connectivity index (χ3n) is 7.75. The van der Waals surface area contributed by atoms with Gasteiger partial charge in [0.25, 0.3) is 0 Å². The molecule has 0 radical (unpaired) electrons. The van der Waals surface area contributed by atoms with Gasteiger partial charge in [-0.05, 0) is 0 Å². The summed E-state index contributed by atoms with van der Waals surface area (Å²) in [6, 6.07) is 8.70. The molecule has 0 saturated heterocycles. The molecule has 4 nitrogen and oxygen atoms in total. The Morgan fingerprint density at radius 2 is 1.00 bits per heavy atom. The van der Waals surface area contributed by atoms with Crippen LogP contribution < -0.4 is 18.1 Å². The second-order valence-electron chi connectivity index (χ2n) is 13.6. The van der Waals surface area contributed by atoms with Crippen LogP contribution in [-0.4, -0.2) is 6.16 Å². The Morgan fingerprint density at radius 3 is 1.36 bits per heavy atom. The summed E-state index contributed by atoms with van der Waals surface area (Å²) in [6.45, 7) is 19.4. The maximum absolute atomic E-state index is 7.28. The van der Waals surface area contributed by atoms with E-state index >= 15 is 0 Å². The van der Waals surface area contributed by atoms with E-state index in [2.05, 4.69) is 86.6 Å². The van der Waals surface area contributed by atoms with Crippen molar-refractivity contribution in [3.8, 4) is 23.0 Å². The Morgan fingerprint density at radius 1 is 0.619 bits per heavy atom. The van der Waals surface area contributed by atoms with Gasteiger partial charge in [0.2, 0.25) is 0 Å². The molecule has 3 aromatic rings. The molecule has 3 aromatic carbocycles. The van der Waals surface area contributed by atoms with Crippen LogP contribution in [-0.2, 0) is 17.3 Å². The van der Waals surface area contributed by atoms with E-state index < -0.39 is 7.51 Å². The second-order valence-corrected chi connectivity index (χ2v) is 18.2. The summed E-state index contributed by atoms with van der Waals surface area (Å²) in [5.41, 5.74) is 5.91. The van der Waals surface area contributed by atoms with E-state index in [1.165, 1.54) is 0 Å². The number of hydrogen-bond acceptors (Lipinski definition) is 4. The quantitative estimate of drug-likeness (QED) is 0.158. The van der Waals surface area contributed by atoms with Crippen LogP contribution >= 0.6 is 53.9 Å². The van der Waals surface area contributed by atoms with Crippen molar-refractivity contribution in [3.05, 3.63) is 77.7 Å². The molecule has 0 N–H and O–H groups in total. The summed E-state index contributed by atoms with van der Waals surface area (Å²) >= 11 is 26.6. The SMILES string of the molecule is CCCCP12(Oc3c(cc(C)cc3C(C)(C)C)Cc3cc(C)cc(C(C)(C)C)c3O1)Oc1c(Cl)c(Cl)c(Cl)c(Cl)c1O2. The van der Waals surface area contributed by atoms with Crippen molar-refractivity contribution in [1.82, 2.24) is 0 Å². The topological polar surface area (TPSA) is 36.9 Å². The number of aryl methyl sites for hydroxylation is 2. The molecule has 0 aliphatic carbocycles. The first kappa shape index (κ1) is 31.9. The van der Waals surface area contributed by atoms with Crippen molar-refractivity contribution in [2.75, 3.05) is 6.16 Å². The first-order valence-electron chi connectivity index (χ1n) is 14.3. The second kappa shape index (κ2) is 10.5. The Labute approximate surface area is 270 Å². The summed E-state index contributed by atoms with van der Waals surface area (Å²) in [4.78, 5) is 0. The van der Waals surface area contributed by atoms with E-state index in [0.29, 0.717) is 30.5 Å². The number of rotatable bonds is 3. The first-order valence-corrected chi connectivity index (χ1v) is 17.9. The van der Waals surface area contributed by atoms with Crippen molar-refractivity contribution in [1.29, 1.82) is 0 Å². The molecule has 0 aromatic heterocycles. The van der Waals surface area contributed by atoms with E-state index in [9.17, 15) is 0 Å². The number of benzene rings is 3. The van der Waals surface area contributed by atoms with E-state index in [1.807, 2.05) is 0 Å². The van der Waals surface area contributed by atoms with Crippen LogP contribution in [0.5, 0.6) is 23.0 Å².